The van der Waals surface area contributed by atoms with E-state index in [0.29, 0.717) is 0 Å². The lowest BCUT2D eigenvalue weighted by Crippen LogP contribution is -2.24. The molecule has 8 heteroatoms. The molecule has 1 aromatic carbocycles. The monoisotopic (exact) mass is 253 g/mol. The maximum absolute atomic E-state index is 12.1. The van der Waals surface area contributed by atoms with Gasteiger partial charge in [0.15, 0.2) is 0 Å². The van der Waals surface area contributed by atoms with Crippen LogP contribution in [-0.4, -0.2) is 16.9 Å². The smallest absolute Gasteiger partial charge is 0.284 e. The van der Waals surface area contributed by atoms with Gasteiger partial charge in [-0.15, -0.1) is 0 Å². The molecule has 0 aliphatic carbocycles. The van der Waals surface area contributed by atoms with Crippen LogP contribution in [0.15, 0.2) is 18.2 Å². The Morgan fingerprint density at radius 3 is 2.38 bits per heavy atom. The Morgan fingerprint density at radius 1 is 1.38 bits per heavy atom. The third kappa shape index (κ3) is 2.30. The minimum absolute atomic E-state index is 0.600. The number of carbonyl (C=O) groups is 1. The Kier molecular flexibility index (Phi) is 3.18. The third-order valence-corrected chi connectivity index (χ3v) is 1.99. The van der Waals surface area contributed by atoms with Crippen LogP contribution >= 0.6 is 11.6 Å². The molecule has 0 fully saturated rings. The summed E-state index contributed by atoms with van der Waals surface area (Å²) in [5, 5.41) is 9.83. The van der Waals surface area contributed by atoms with Crippen molar-refractivity contribution in [3.8, 4) is 0 Å². The lowest BCUT2D eigenvalue weighted by Gasteiger charge is -2.06. The maximum atomic E-state index is 12.1. The van der Waals surface area contributed by atoms with Crippen LogP contribution < -0.4 is 0 Å². The standard InChI is InChI=1S/C8H3ClF3NO3/c9-4-2-1-3-5(13(15)16)6(4)7(14)8(10,11)12/h1-3H. The molecule has 0 bridgehead atoms. The second-order valence-electron chi connectivity index (χ2n) is 2.72. The van der Waals surface area contributed by atoms with E-state index in [4.69, 9.17) is 11.6 Å². The van der Waals surface area contributed by atoms with E-state index in [1.54, 1.807) is 0 Å². The first-order chi connectivity index (χ1) is 7.25. The van der Waals surface area contributed by atoms with Crippen LogP contribution in [0.4, 0.5) is 18.9 Å². The molecule has 1 rings (SSSR count). The molecule has 0 aromatic heterocycles. The van der Waals surface area contributed by atoms with Gasteiger partial charge in [-0.3, -0.25) is 14.9 Å². The third-order valence-electron chi connectivity index (χ3n) is 1.67. The molecular weight excluding hydrogens is 251 g/mol. The van der Waals surface area contributed by atoms with Crippen molar-refractivity contribution in [2.24, 2.45) is 0 Å². The highest BCUT2D eigenvalue weighted by Gasteiger charge is 2.43. The largest absolute Gasteiger partial charge is 0.455 e. The Labute approximate surface area is 91.8 Å². The predicted octanol–water partition coefficient (Wildman–Crippen LogP) is 2.99. The quantitative estimate of drug-likeness (QED) is 0.462. The van der Waals surface area contributed by atoms with Crippen molar-refractivity contribution < 1.29 is 22.9 Å². The van der Waals surface area contributed by atoms with Crippen molar-refractivity contribution in [1.29, 1.82) is 0 Å². The Hall–Kier alpha value is -1.63. The van der Waals surface area contributed by atoms with Crippen molar-refractivity contribution in [2.75, 3.05) is 0 Å². The second kappa shape index (κ2) is 4.09. The Balaban J connectivity index is 3.43. The van der Waals surface area contributed by atoms with Gasteiger partial charge in [-0.1, -0.05) is 17.7 Å². The molecule has 16 heavy (non-hydrogen) atoms. The first-order valence-corrected chi connectivity index (χ1v) is 4.17. The molecule has 0 saturated heterocycles. The number of nitro benzene ring substituents is 1. The number of nitro groups is 1. The summed E-state index contributed by atoms with van der Waals surface area (Å²) in [6.07, 6.45) is -5.20. The van der Waals surface area contributed by atoms with E-state index >= 15 is 0 Å². The Bertz CT molecular complexity index is 458. The predicted molar refractivity (Wildman–Crippen MR) is 48.5 cm³/mol. The van der Waals surface area contributed by atoms with E-state index in [0.717, 1.165) is 18.2 Å². The van der Waals surface area contributed by atoms with Gasteiger partial charge >= 0.3 is 6.18 Å². The van der Waals surface area contributed by atoms with Crippen molar-refractivity contribution in [3.63, 3.8) is 0 Å². The average Bonchev–Trinajstić information content (AvgIpc) is 2.14. The Morgan fingerprint density at radius 2 is 1.94 bits per heavy atom. The molecular formula is C8H3ClF3NO3. The van der Waals surface area contributed by atoms with E-state index in [-0.39, 0.29) is 0 Å². The topological polar surface area (TPSA) is 60.2 Å². The highest BCUT2D eigenvalue weighted by molar-refractivity contribution is 6.34. The van der Waals surface area contributed by atoms with Crippen molar-refractivity contribution in [2.45, 2.75) is 6.18 Å². The van der Waals surface area contributed by atoms with Crippen molar-refractivity contribution in [1.82, 2.24) is 0 Å². The maximum Gasteiger partial charge on any atom is 0.455 e. The fourth-order valence-electron chi connectivity index (χ4n) is 1.03. The SMILES string of the molecule is O=C(c1c(Cl)cccc1[N+](=O)[O-])C(F)(F)F. The number of carbonyl (C=O) groups excluding carboxylic acids is 1. The van der Waals surface area contributed by atoms with Crippen molar-refractivity contribution in [3.05, 3.63) is 38.9 Å². The number of benzene rings is 1. The summed E-state index contributed by atoms with van der Waals surface area (Å²) in [5.74, 6) is -2.33. The zero-order chi connectivity index (χ0) is 12.5. The first-order valence-electron chi connectivity index (χ1n) is 3.79. The fraction of sp³-hybridized carbons (Fsp3) is 0.125. The van der Waals surface area contributed by atoms with E-state index < -0.39 is 33.2 Å². The van der Waals surface area contributed by atoms with Crippen LogP contribution in [0.1, 0.15) is 10.4 Å². The van der Waals surface area contributed by atoms with Crippen LogP contribution in [0.3, 0.4) is 0 Å². The summed E-state index contributed by atoms with van der Waals surface area (Å²) < 4.78 is 36.4. The van der Waals surface area contributed by atoms with Crippen LogP contribution in [0.2, 0.25) is 5.02 Å². The van der Waals surface area contributed by atoms with Gasteiger partial charge in [-0.25, -0.2) is 0 Å². The number of rotatable bonds is 2. The van der Waals surface area contributed by atoms with Crippen LogP contribution in [0.25, 0.3) is 0 Å². The molecule has 0 atom stereocenters. The number of Topliss-reactive ketones (excluding diaryl/α,β-unsaturated/α-hetero) is 1. The molecule has 0 saturated carbocycles. The lowest BCUT2D eigenvalue weighted by atomic mass is 10.1. The molecule has 0 heterocycles. The summed E-state index contributed by atoms with van der Waals surface area (Å²) in [7, 11) is 0. The fourth-order valence-corrected chi connectivity index (χ4v) is 1.29. The molecule has 0 aliphatic rings. The molecule has 0 unspecified atom stereocenters. The minimum Gasteiger partial charge on any atom is -0.284 e. The molecule has 0 radical (unpaired) electrons. The molecule has 0 aliphatic heterocycles. The molecule has 86 valence electrons. The summed E-state index contributed by atoms with van der Waals surface area (Å²) >= 11 is 5.35. The molecule has 0 N–H and O–H groups in total. The normalized spacial score (nSPS) is 11.2. The van der Waals surface area contributed by atoms with Gasteiger partial charge < -0.3 is 0 Å². The average molecular weight is 254 g/mol. The van der Waals surface area contributed by atoms with Crippen LogP contribution in [0.5, 0.6) is 0 Å². The summed E-state index contributed by atoms with van der Waals surface area (Å²) in [4.78, 5) is 20.2. The number of halogens is 4. The van der Waals surface area contributed by atoms with Gasteiger partial charge in [0.1, 0.15) is 5.56 Å². The minimum atomic E-state index is -5.20. The van der Waals surface area contributed by atoms with Gasteiger partial charge in [-0.05, 0) is 6.07 Å². The van der Waals surface area contributed by atoms with Gasteiger partial charge in [-0.2, -0.15) is 13.2 Å². The molecule has 1 aromatic rings. The first kappa shape index (κ1) is 12.4. The number of ketones is 1. The molecule has 0 amide bonds. The van der Waals surface area contributed by atoms with E-state index in [1.165, 1.54) is 0 Å². The molecule has 4 nitrogen and oxygen atoms in total. The number of alkyl halides is 3. The number of hydrogen-bond acceptors (Lipinski definition) is 3. The zero-order valence-electron chi connectivity index (χ0n) is 7.42. The van der Waals surface area contributed by atoms with Crippen LogP contribution in [0, 0.1) is 10.1 Å². The van der Waals surface area contributed by atoms with Gasteiger partial charge in [0.05, 0.1) is 9.95 Å². The van der Waals surface area contributed by atoms with E-state index in [1.807, 2.05) is 0 Å². The summed E-state index contributed by atoms with van der Waals surface area (Å²) in [6.45, 7) is 0. The number of nitrogens with zero attached hydrogens (tertiary/aromatic N) is 1. The summed E-state index contributed by atoms with van der Waals surface area (Å²) in [6, 6.07) is 2.85. The number of hydrogen-bond donors (Lipinski definition) is 0. The molecule has 0 spiro atoms. The van der Waals surface area contributed by atoms with E-state index in [2.05, 4.69) is 0 Å². The van der Waals surface area contributed by atoms with Gasteiger partial charge in [0.2, 0.25) is 0 Å². The van der Waals surface area contributed by atoms with Crippen LogP contribution in [-0.2, 0) is 0 Å². The van der Waals surface area contributed by atoms with Gasteiger partial charge in [0.25, 0.3) is 11.5 Å². The highest BCUT2D eigenvalue weighted by atomic mass is 35.5. The highest BCUT2D eigenvalue weighted by Crippen LogP contribution is 2.32. The zero-order valence-corrected chi connectivity index (χ0v) is 8.17. The lowest BCUT2D eigenvalue weighted by molar-refractivity contribution is -0.385. The van der Waals surface area contributed by atoms with Gasteiger partial charge in [0, 0.05) is 6.07 Å². The van der Waals surface area contributed by atoms with E-state index in [9.17, 15) is 28.1 Å². The van der Waals surface area contributed by atoms with Crippen molar-refractivity contribution >= 4 is 23.1 Å². The summed E-state index contributed by atoms with van der Waals surface area (Å²) in [5.41, 5.74) is -2.10. The second-order valence-corrected chi connectivity index (χ2v) is 3.13.